The number of aryl methyl sites for hydroxylation is 3. The van der Waals surface area contributed by atoms with Gasteiger partial charge in [0.05, 0.1) is 25.3 Å². The predicted octanol–water partition coefficient (Wildman–Crippen LogP) is 3.35. The molecule has 1 N–H and O–H groups in total. The van der Waals surface area contributed by atoms with Gasteiger partial charge in [-0.25, -0.2) is 0 Å². The number of rotatable bonds is 7. The van der Waals surface area contributed by atoms with Crippen LogP contribution in [0.15, 0.2) is 34.9 Å². The molecule has 3 rings (SSSR count). The van der Waals surface area contributed by atoms with E-state index in [1.54, 1.807) is 11.0 Å². The molecule has 0 radical (unpaired) electrons. The van der Waals surface area contributed by atoms with Crippen molar-refractivity contribution in [2.24, 2.45) is 0 Å². The lowest BCUT2D eigenvalue weighted by molar-refractivity contribution is -0.120. The molecule has 0 unspecified atom stereocenters. The molecule has 1 aliphatic heterocycles. The highest BCUT2D eigenvalue weighted by Crippen LogP contribution is 2.20. The number of piperidine rings is 1. The van der Waals surface area contributed by atoms with Crippen LogP contribution in [0.1, 0.15) is 46.5 Å². The van der Waals surface area contributed by atoms with Crippen molar-refractivity contribution in [1.29, 1.82) is 5.26 Å². The molecule has 2 heterocycles. The molecule has 1 saturated heterocycles. The molecule has 1 aliphatic rings. The predicted molar refractivity (Wildman–Crippen MR) is 119 cm³/mol. The smallest absolute Gasteiger partial charge is 0.287 e. The summed E-state index contributed by atoms with van der Waals surface area (Å²) in [6, 6.07) is 9.93. The highest BCUT2D eigenvalue weighted by Gasteiger charge is 2.26. The minimum atomic E-state index is -0.186. The molecule has 1 aromatic carbocycles. The Morgan fingerprint density at radius 2 is 1.90 bits per heavy atom. The van der Waals surface area contributed by atoms with Gasteiger partial charge in [0.1, 0.15) is 0 Å². The van der Waals surface area contributed by atoms with E-state index in [1.165, 1.54) is 11.8 Å². The fourth-order valence-electron chi connectivity index (χ4n) is 3.82. The molecule has 31 heavy (non-hydrogen) atoms. The molecular formula is C24H30N4O3. The van der Waals surface area contributed by atoms with Gasteiger partial charge in [0.2, 0.25) is 5.91 Å². The summed E-state index contributed by atoms with van der Waals surface area (Å²) in [7, 11) is 0. The molecule has 0 atom stereocenters. The van der Waals surface area contributed by atoms with Crippen LogP contribution in [0.3, 0.4) is 0 Å². The van der Waals surface area contributed by atoms with Crippen molar-refractivity contribution in [2.45, 2.75) is 46.1 Å². The van der Waals surface area contributed by atoms with Crippen molar-refractivity contribution in [2.75, 3.05) is 31.1 Å². The van der Waals surface area contributed by atoms with Crippen LogP contribution in [0.25, 0.3) is 0 Å². The Balaban J connectivity index is 1.55. The number of likely N-dealkylation sites (tertiary alicyclic amines) is 1. The summed E-state index contributed by atoms with van der Waals surface area (Å²) in [6.45, 7) is 8.05. The molecule has 1 aromatic heterocycles. The Kier molecular flexibility index (Phi) is 7.48. The van der Waals surface area contributed by atoms with Gasteiger partial charge in [0, 0.05) is 36.9 Å². The van der Waals surface area contributed by atoms with Crippen LogP contribution in [0.2, 0.25) is 0 Å². The first kappa shape index (κ1) is 22.6. The van der Waals surface area contributed by atoms with Crippen LogP contribution < -0.4 is 10.2 Å². The first-order valence-electron chi connectivity index (χ1n) is 10.7. The minimum absolute atomic E-state index is 0.00722. The topological polar surface area (TPSA) is 89.6 Å². The monoisotopic (exact) mass is 422 g/mol. The number of furan rings is 1. The van der Waals surface area contributed by atoms with Crippen LogP contribution in [0.4, 0.5) is 5.69 Å². The zero-order valence-corrected chi connectivity index (χ0v) is 18.5. The SMILES string of the molecule is Cc1ccc(N(CCC#N)C(=O)CN2CCC(NC(=O)c3occc3C)CC2)cc1C. The Morgan fingerprint density at radius 3 is 2.52 bits per heavy atom. The first-order chi connectivity index (χ1) is 14.9. The van der Waals surface area contributed by atoms with Gasteiger partial charge in [-0.05, 0) is 62.9 Å². The second-order valence-electron chi connectivity index (χ2n) is 8.18. The van der Waals surface area contributed by atoms with Crippen molar-refractivity contribution in [3.05, 3.63) is 53.0 Å². The quantitative estimate of drug-likeness (QED) is 0.739. The highest BCUT2D eigenvalue weighted by atomic mass is 16.3. The van der Waals surface area contributed by atoms with E-state index in [9.17, 15) is 9.59 Å². The van der Waals surface area contributed by atoms with E-state index < -0.39 is 0 Å². The average Bonchev–Trinajstić information content (AvgIpc) is 3.18. The lowest BCUT2D eigenvalue weighted by atomic mass is 10.0. The summed E-state index contributed by atoms with van der Waals surface area (Å²) in [4.78, 5) is 29.2. The van der Waals surface area contributed by atoms with Gasteiger partial charge in [-0.15, -0.1) is 0 Å². The summed E-state index contributed by atoms with van der Waals surface area (Å²) >= 11 is 0. The van der Waals surface area contributed by atoms with Crippen LogP contribution in [0, 0.1) is 32.1 Å². The summed E-state index contributed by atoms with van der Waals surface area (Å²) < 4.78 is 5.26. The van der Waals surface area contributed by atoms with Crippen molar-refractivity contribution >= 4 is 17.5 Å². The van der Waals surface area contributed by atoms with Crippen LogP contribution in [-0.4, -0.2) is 48.9 Å². The van der Waals surface area contributed by atoms with Crippen molar-refractivity contribution < 1.29 is 14.0 Å². The average molecular weight is 423 g/mol. The zero-order valence-electron chi connectivity index (χ0n) is 18.5. The Morgan fingerprint density at radius 1 is 1.16 bits per heavy atom. The van der Waals surface area contributed by atoms with Crippen molar-refractivity contribution in [3.8, 4) is 6.07 Å². The standard InChI is InChI=1S/C24H30N4O3/c1-17-5-6-21(15-19(17)3)28(11-4-10-25)22(29)16-27-12-7-20(8-13-27)26-24(30)23-18(2)9-14-31-23/h5-6,9,14-15,20H,4,7-8,11-13,16H2,1-3H3,(H,26,30). The number of hydrogen-bond acceptors (Lipinski definition) is 5. The Bertz CT molecular complexity index is 967. The van der Waals surface area contributed by atoms with Crippen molar-refractivity contribution in [1.82, 2.24) is 10.2 Å². The third-order valence-corrected chi connectivity index (χ3v) is 5.90. The van der Waals surface area contributed by atoms with E-state index in [1.807, 2.05) is 39.0 Å². The molecular weight excluding hydrogens is 392 g/mol. The maximum absolute atomic E-state index is 13.1. The van der Waals surface area contributed by atoms with E-state index in [-0.39, 0.29) is 17.9 Å². The van der Waals surface area contributed by atoms with Gasteiger partial charge in [-0.3, -0.25) is 14.5 Å². The van der Waals surface area contributed by atoms with Crippen LogP contribution in [-0.2, 0) is 4.79 Å². The number of benzene rings is 1. The molecule has 2 aromatic rings. The molecule has 1 fully saturated rings. The second kappa shape index (κ2) is 10.3. The van der Waals surface area contributed by atoms with E-state index >= 15 is 0 Å². The first-order valence-corrected chi connectivity index (χ1v) is 10.7. The zero-order chi connectivity index (χ0) is 22.4. The third kappa shape index (κ3) is 5.74. The molecule has 2 amide bonds. The highest BCUT2D eigenvalue weighted by molar-refractivity contribution is 5.95. The van der Waals surface area contributed by atoms with E-state index in [2.05, 4.69) is 16.3 Å². The van der Waals surface area contributed by atoms with Crippen molar-refractivity contribution in [3.63, 3.8) is 0 Å². The molecule has 164 valence electrons. The number of nitrogens with one attached hydrogen (secondary N) is 1. The number of nitriles is 1. The largest absolute Gasteiger partial charge is 0.459 e. The number of nitrogens with zero attached hydrogens (tertiary/aromatic N) is 3. The number of amides is 2. The van der Waals surface area contributed by atoms with Gasteiger partial charge in [-0.1, -0.05) is 6.07 Å². The molecule has 7 nitrogen and oxygen atoms in total. The fraction of sp³-hybridized carbons (Fsp3) is 0.458. The molecule has 0 bridgehead atoms. The summed E-state index contributed by atoms with van der Waals surface area (Å²) in [5.74, 6) is 0.167. The van der Waals surface area contributed by atoms with Gasteiger partial charge >= 0.3 is 0 Å². The van der Waals surface area contributed by atoms with Gasteiger partial charge in [0.25, 0.3) is 5.91 Å². The lowest BCUT2D eigenvalue weighted by Gasteiger charge is -2.33. The molecule has 0 aliphatic carbocycles. The van der Waals surface area contributed by atoms with E-state index in [4.69, 9.17) is 9.68 Å². The number of hydrogen-bond donors (Lipinski definition) is 1. The van der Waals surface area contributed by atoms with E-state index in [0.717, 1.165) is 42.7 Å². The summed E-state index contributed by atoms with van der Waals surface area (Å²) in [5, 5.41) is 12.0. The van der Waals surface area contributed by atoms with E-state index in [0.29, 0.717) is 25.3 Å². The van der Waals surface area contributed by atoms with Crippen LogP contribution >= 0.6 is 0 Å². The molecule has 0 spiro atoms. The van der Waals surface area contributed by atoms with Gasteiger partial charge < -0.3 is 14.6 Å². The molecule has 7 heteroatoms. The normalized spacial score (nSPS) is 14.8. The lowest BCUT2D eigenvalue weighted by Crippen LogP contribution is -2.48. The van der Waals surface area contributed by atoms with Gasteiger partial charge in [0.15, 0.2) is 5.76 Å². The molecule has 0 saturated carbocycles. The summed E-state index contributed by atoms with van der Waals surface area (Å²) in [6.07, 6.45) is 3.37. The number of carbonyl (C=O) groups is 2. The van der Waals surface area contributed by atoms with Gasteiger partial charge in [-0.2, -0.15) is 5.26 Å². The summed E-state index contributed by atoms with van der Waals surface area (Å²) in [5.41, 5.74) is 3.95. The minimum Gasteiger partial charge on any atom is -0.459 e. The maximum Gasteiger partial charge on any atom is 0.287 e. The number of carbonyl (C=O) groups excluding carboxylic acids is 2. The second-order valence-corrected chi connectivity index (χ2v) is 8.18. The third-order valence-electron chi connectivity index (χ3n) is 5.90. The van der Waals surface area contributed by atoms with Crippen LogP contribution in [0.5, 0.6) is 0 Å². The maximum atomic E-state index is 13.1. The Hall–Kier alpha value is -3.11. The number of anilines is 1. The fourth-order valence-corrected chi connectivity index (χ4v) is 3.82. The Labute approximate surface area is 183 Å².